The third-order valence-electron chi connectivity index (χ3n) is 6.24. The zero-order chi connectivity index (χ0) is 24.1. The van der Waals surface area contributed by atoms with Gasteiger partial charge >= 0.3 is 0 Å². The number of carbonyl (C=O) groups excluding carboxylic acids is 1. The topological polar surface area (TPSA) is 106 Å². The Balaban J connectivity index is 1.30. The fourth-order valence-electron chi connectivity index (χ4n) is 4.48. The van der Waals surface area contributed by atoms with Crippen molar-refractivity contribution < 1.29 is 13.7 Å². The van der Waals surface area contributed by atoms with E-state index in [2.05, 4.69) is 30.1 Å². The number of aromatic nitrogens is 6. The molecular formula is C24H21FN8O2. The van der Waals surface area contributed by atoms with E-state index in [-0.39, 0.29) is 17.4 Å². The second-order valence-corrected chi connectivity index (χ2v) is 8.52. The second kappa shape index (κ2) is 8.12. The molecule has 1 aromatic carbocycles. The lowest BCUT2D eigenvalue weighted by Gasteiger charge is -2.36. The van der Waals surface area contributed by atoms with Gasteiger partial charge in [-0.05, 0) is 44.2 Å². The summed E-state index contributed by atoms with van der Waals surface area (Å²) in [5, 5.41) is 8.91. The van der Waals surface area contributed by atoms with Crippen molar-refractivity contribution in [1.29, 1.82) is 0 Å². The standard InChI is InChI=1S/C24H21FN8O2/c1-14-11-20(33-24(28-14)26-13-27-33)31-7-9-32(10-8-31)23(34)18-12-19(16-3-5-17(25)6-4-16)29-22-21(18)15(2)30-35-22/h3-6,11-13H,7-10H2,1-2H3. The Kier molecular flexibility index (Phi) is 4.90. The number of anilines is 1. The van der Waals surface area contributed by atoms with Crippen LogP contribution >= 0.6 is 0 Å². The Morgan fingerprint density at radius 3 is 2.57 bits per heavy atom. The van der Waals surface area contributed by atoms with Crippen molar-refractivity contribution in [3.63, 3.8) is 0 Å². The predicted octanol–water partition coefficient (Wildman–Crippen LogP) is 3.05. The van der Waals surface area contributed by atoms with Crippen molar-refractivity contribution in [1.82, 2.24) is 34.6 Å². The second-order valence-electron chi connectivity index (χ2n) is 8.52. The Bertz CT molecular complexity index is 1570. The molecule has 5 heterocycles. The molecule has 0 aliphatic carbocycles. The number of rotatable bonds is 3. The summed E-state index contributed by atoms with van der Waals surface area (Å²) in [5.41, 5.74) is 3.42. The van der Waals surface area contributed by atoms with Gasteiger partial charge in [-0.15, -0.1) is 0 Å². The highest BCUT2D eigenvalue weighted by Gasteiger charge is 2.27. The van der Waals surface area contributed by atoms with Crippen molar-refractivity contribution in [3.8, 4) is 11.3 Å². The van der Waals surface area contributed by atoms with Gasteiger partial charge in [-0.3, -0.25) is 4.79 Å². The first kappa shape index (κ1) is 21.1. The highest BCUT2D eigenvalue weighted by Crippen LogP contribution is 2.29. The van der Waals surface area contributed by atoms with Gasteiger partial charge in [0.2, 0.25) is 0 Å². The van der Waals surface area contributed by atoms with Gasteiger partial charge in [0.15, 0.2) is 0 Å². The van der Waals surface area contributed by atoms with Crippen LogP contribution in [0.25, 0.3) is 28.1 Å². The molecule has 1 saturated heterocycles. The quantitative estimate of drug-likeness (QED) is 0.395. The molecule has 6 rings (SSSR count). The summed E-state index contributed by atoms with van der Waals surface area (Å²) in [5.74, 6) is 0.987. The molecule has 1 amide bonds. The van der Waals surface area contributed by atoms with E-state index >= 15 is 0 Å². The Morgan fingerprint density at radius 1 is 1.03 bits per heavy atom. The maximum atomic E-state index is 13.7. The van der Waals surface area contributed by atoms with Crippen molar-refractivity contribution in [2.24, 2.45) is 0 Å². The van der Waals surface area contributed by atoms with Crippen molar-refractivity contribution in [3.05, 3.63) is 65.5 Å². The first-order valence-electron chi connectivity index (χ1n) is 11.2. The zero-order valence-corrected chi connectivity index (χ0v) is 19.1. The normalized spacial score (nSPS) is 14.3. The Labute approximate surface area is 199 Å². The molecule has 10 nitrogen and oxygen atoms in total. The van der Waals surface area contributed by atoms with Crippen LogP contribution in [0.15, 0.2) is 47.2 Å². The van der Waals surface area contributed by atoms with Gasteiger partial charge in [-0.2, -0.15) is 14.6 Å². The van der Waals surface area contributed by atoms with Crippen LogP contribution in [0.4, 0.5) is 10.2 Å². The average molecular weight is 472 g/mol. The van der Waals surface area contributed by atoms with Crippen molar-refractivity contribution in [2.75, 3.05) is 31.1 Å². The average Bonchev–Trinajstić information content (AvgIpc) is 3.49. The maximum Gasteiger partial charge on any atom is 0.259 e. The lowest BCUT2D eigenvalue weighted by atomic mass is 10.0. The molecule has 176 valence electrons. The van der Waals surface area contributed by atoms with Crippen LogP contribution < -0.4 is 4.90 Å². The Hall–Kier alpha value is -4.41. The lowest BCUT2D eigenvalue weighted by Crippen LogP contribution is -2.49. The first-order valence-corrected chi connectivity index (χ1v) is 11.2. The minimum absolute atomic E-state index is 0.122. The van der Waals surface area contributed by atoms with Crippen LogP contribution in [-0.2, 0) is 0 Å². The van der Waals surface area contributed by atoms with Crippen LogP contribution in [0.3, 0.4) is 0 Å². The van der Waals surface area contributed by atoms with E-state index in [9.17, 15) is 9.18 Å². The molecule has 0 N–H and O–H groups in total. The van der Waals surface area contributed by atoms with Gasteiger partial charge in [0, 0.05) is 43.5 Å². The molecular weight excluding hydrogens is 451 g/mol. The molecule has 0 atom stereocenters. The van der Waals surface area contributed by atoms with E-state index < -0.39 is 0 Å². The van der Waals surface area contributed by atoms with Crippen LogP contribution in [-0.4, -0.2) is 66.7 Å². The summed E-state index contributed by atoms with van der Waals surface area (Å²) in [7, 11) is 0. The predicted molar refractivity (Wildman–Crippen MR) is 126 cm³/mol. The summed E-state index contributed by atoms with van der Waals surface area (Å²) < 4.78 is 20.5. The number of amides is 1. The van der Waals surface area contributed by atoms with E-state index in [4.69, 9.17) is 4.52 Å². The fraction of sp³-hybridized carbons (Fsp3) is 0.250. The van der Waals surface area contributed by atoms with E-state index in [1.807, 2.05) is 17.9 Å². The van der Waals surface area contributed by atoms with Crippen molar-refractivity contribution >= 4 is 28.6 Å². The molecule has 1 aliphatic rings. The van der Waals surface area contributed by atoms with E-state index in [0.717, 1.165) is 11.5 Å². The minimum atomic E-state index is -0.341. The monoisotopic (exact) mass is 472 g/mol. The van der Waals surface area contributed by atoms with Crippen LogP contribution in [0, 0.1) is 19.7 Å². The lowest BCUT2D eigenvalue weighted by molar-refractivity contribution is 0.0748. The number of pyridine rings is 1. The van der Waals surface area contributed by atoms with Crippen LogP contribution in [0.2, 0.25) is 0 Å². The van der Waals surface area contributed by atoms with Gasteiger partial charge < -0.3 is 14.3 Å². The van der Waals surface area contributed by atoms with Crippen LogP contribution in [0.1, 0.15) is 21.7 Å². The summed E-state index contributed by atoms with van der Waals surface area (Å²) in [6.07, 6.45) is 1.49. The number of piperazine rings is 1. The number of hydrogen-bond acceptors (Lipinski definition) is 8. The summed E-state index contributed by atoms with van der Waals surface area (Å²) in [4.78, 5) is 30.8. The van der Waals surface area contributed by atoms with E-state index in [1.165, 1.54) is 18.5 Å². The van der Waals surface area contributed by atoms with Gasteiger partial charge in [0.05, 0.1) is 22.3 Å². The number of nitrogens with zero attached hydrogens (tertiary/aromatic N) is 8. The Morgan fingerprint density at radius 2 is 1.80 bits per heavy atom. The fourth-order valence-corrected chi connectivity index (χ4v) is 4.48. The summed E-state index contributed by atoms with van der Waals surface area (Å²) >= 11 is 0. The molecule has 0 unspecified atom stereocenters. The SMILES string of the molecule is Cc1cc(N2CCN(C(=O)c3cc(-c4ccc(F)cc4)nc4onc(C)c34)CC2)n2ncnc2n1. The molecule has 35 heavy (non-hydrogen) atoms. The molecule has 0 bridgehead atoms. The molecule has 4 aromatic heterocycles. The molecule has 0 spiro atoms. The zero-order valence-electron chi connectivity index (χ0n) is 19.1. The minimum Gasteiger partial charge on any atom is -0.353 e. The van der Waals surface area contributed by atoms with E-state index in [0.29, 0.717) is 59.9 Å². The first-order chi connectivity index (χ1) is 17.0. The maximum absolute atomic E-state index is 13.7. The third kappa shape index (κ3) is 3.65. The smallest absolute Gasteiger partial charge is 0.259 e. The number of fused-ring (bicyclic) bond motifs is 2. The summed E-state index contributed by atoms with van der Waals surface area (Å²) in [6, 6.07) is 9.68. The third-order valence-corrected chi connectivity index (χ3v) is 6.24. The number of hydrogen-bond donors (Lipinski definition) is 0. The van der Waals surface area contributed by atoms with Gasteiger partial charge in [0.1, 0.15) is 18.0 Å². The number of aryl methyl sites for hydroxylation is 2. The van der Waals surface area contributed by atoms with E-state index in [1.54, 1.807) is 29.6 Å². The number of benzene rings is 1. The molecule has 0 saturated carbocycles. The van der Waals surface area contributed by atoms with Gasteiger partial charge in [-0.1, -0.05) is 5.16 Å². The number of carbonyl (C=O) groups is 1. The molecule has 0 radical (unpaired) electrons. The van der Waals surface area contributed by atoms with Crippen molar-refractivity contribution in [2.45, 2.75) is 13.8 Å². The largest absolute Gasteiger partial charge is 0.353 e. The van der Waals surface area contributed by atoms with Crippen LogP contribution in [0.5, 0.6) is 0 Å². The summed E-state index contributed by atoms with van der Waals surface area (Å²) in [6.45, 7) is 6.02. The highest BCUT2D eigenvalue weighted by atomic mass is 19.1. The number of halogens is 1. The molecule has 1 aliphatic heterocycles. The molecule has 1 fully saturated rings. The van der Waals surface area contributed by atoms with Gasteiger partial charge in [0.25, 0.3) is 17.4 Å². The molecule has 11 heteroatoms. The molecule has 5 aromatic rings. The van der Waals surface area contributed by atoms with Gasteiger partial charge in [-0.25, -0.2) is 14.4 Å². The highest BCUT2D eigenvalue weighted by molar-refractivity contribution is 6.07.